The van der Waals surface area contributed by atoms with Gasteiger partial charge in [-0.15, -0.1) is 0 Å². The third-order valence-electron chi connectivity index (χ3n) is 5.42. The number of nitrogens with one attached hydrogen (secondary N) is 1. The van der Waals surface area contributed by atoms with Crippen molar-refractivity contribution in [2.24, 2.45) is 0 Å². The predicted octanol–water partition coefficient (Wildman–Crippen LogP) is 6.33. The van der Waals surface area contributed by atoms with Gasteiger partial charge in [0.1, 0.15) is 10.6 Å². The number of thioether (sulfide) groups is 1. The van der Waals surface area contributed by atoms with Crippen molar-refractivity contribution in [2.75, 3.05) is 10.2 Å². The zero-order valence-electron chi connectivity index (χ0n) is 18.3. The summed E-state index contributed by atoms with van der Waals surface area (Å²) in [6.07, 6.45) is 3.24. The molecule has 0 radical (unpaired) electrons. The summed E-state index contributed by atoms with van der Waals surface area (Å²) in [5, 5.41) is 3.25. The Balaban J connectivity index is 1.68. The Morgan fingerprint density at radius 1 is 0.844 bits per heavy atom. The molecule has 0 unspecified atom stereocenters. The van der Waals surface area contributed by atoms with Gasteiger partial charge in [-0.25, -0.2) is 4.90 Å². The average Bonchev–Trinajstić information content (AvgIpc) is 3.04. The van der Waals surface area contributed by atoms with Crippen LogP contribution < -0.4 is 10.2 Å². The molecule has 3 aromatic carbocycles. The Kier molecular flexibility index (Phi) is 6.76. The van der Waals surface area contributed by atoms with Crippen LogP contribution >= 0.6 is 11.8 Å². The molecule has 1 aliphatic heterocycles. The SMILES string of the molecule is CCCCc1ccc(N2C(=O)C(Nc3ccccc3C)=C(Sc3ccccc3)C2=O)cc1. The summed E-state index contributed by atoms with van der Waals surface area (Å²) >= 11 is 1.31. The first-order chi connectivity index (χ1) is 15.6. The zero-order valence-corrected chi connectivity index (χ0v) is 19.1. The number of anilines is 2. The van der Waals surface area contributed by atoms with Crippen LogP contribution in [-0.4, -0.2) is 11.8 Å². The standard InChI is InChI=1S/C27H26N2O2S/c1-3-4-11-20-15-17-21(18-16-20)29-26(30)24(28-23-14-9-8-10-19(23)2)25(27(29)31)32-22-12-6-5-7-13-22/h5-10,12-18,28H,3-4,11H2,1-2H3. The van der Waals surface area contributed by atoms with Gasteiger partial charge >= 0.3 is 0 Å². The Morgan fingerprint density at radius 2 is 1.53 bits per heavy atom. The second-order valence-corrected chi connectivity index (χ2v) is 8.86. The predicted molar refractivity (Wildman–Crippen MR) is 132 cm³/mol. The molecule has 32 heavy (non-hydrogen) atoms. The van der Waals surface area contributed by atoms with E-state index >= 15 is 0 Å². The van der Waals surface area contributed by atoms with E-state index in [1.165, 1.54) is 22.2 Å². The van der Waals surface area contributed by atoms with E-state index in [9.17, 15) is 9.59 Å². The Bertz CT molecular complexity index is 1150. The van der Waals surface area contributed by atoms with E-state index in [0.29, 0.717) is 16.3 Å². The molecule has 1 N–H and O–H groups in total. The van der Waals surface area contributed by atoms with E-state index in [1.54, 1.807) is 0 Å². The largest absolute Gasteiger partial charge is 0.350 e. The molecule has 1 heterocycles. The Hall–Kier alpha value is -3.31. The summed E-state index contributed by atoms with van der Waals surface area (Å²) in [5.41, 5.74) is 3.93. The molecule has 0 saturated heterocycles. The van der Waals surface area contributed by atoms with Gasteiger partial charge < -0.3 is 5.32 Å². The number of nitrogens with zero attached hydrogens (tertiary/aromatic N) is 1. The number of rotatable bonds is 8. The summed E-state index contributed by atoms with van der Waals surface area (Å²) in [4.78, 5) is 29.5. The summed E-state index contributed by atoms with van der Waals surface area (Å²) < 4.78 is 0. The fourth-order valence-corrected chi connectivity index (χ4v) is 4.54. The molecule has 4 rings (SSSR count). The van der Waals surface area contributed by atoms with Crippen LogP contribution in [0.3, 0.4) is 0 Å². The first-order valence-electron chi connectivity index (χ1n) is 10.9. The van der Waals surface area contributed by atoms with Crippen molar-refractivity contribution < 1.29 is 9.59 Å². The molecule has 162 valence electrons. The Labute approximate surface area is 193 Å². The number of hydrogen-bond donors (Lipinski definition) is 1. The summed E-state index contributed by atoms with van der Waals surface area (Å²) in [5.74, 6) is -0.640. The van der Waals surface area contributed by atoms with Gasteiger partial charge in [0, 0.05) is 10.6 Å². The topological polar surface area (TPSA) is 49.4 Å². The van der Waals surface area contributed by atoms with Crippen molar-refractivity contribution >= 4 is 35.0 Å². The molecule has 4 nitrogen and oxygen atoms in total. The van der Waals surface area contributed by atoms with Crippen LogP contribution in [0.5, 0.6) is 0 Å². The van der Waals surface area contributed by atoms with Crippen molar-refractivity contribution in [3.05, 3.63) is 101 Å². The van der Waals surface area contributed by atoms with Gasteiger partial charge in [0.25, 0.3) is 11.8 Å². The molecule has 0 bridgehead atoms. The number of carbonyl (C=O) groups excluding carboxylic acids is 2. The molecule has 0 atom stereocenters. The van der Waals surface area contributed by atoms with Crippen LogP contribution in [0, 0.1) is 6.92 Å². The second kappa shape index (κ2) is 9.88. The van der Waals surface area contributed by atoms with E-state index < -0.39 is 0 Å². The number of unbranched alkanes of at least 4 members (excludes halogenated alkanes) is 1. The molecule has 0 aromatic heterocycles. The third-order valence-corrected chi connectivity index (χ3v) is 6.51. The van der Waals surface area contributed by atoms with E-state index in [4.69, 9.17) is 0 Å². The van der Waals surface area contributed by atoms with Crippen molar-refractivity contribution in [3.8, 4) is 0 Å². The van der Waals surface area contributed by atoms with E-state index in [0.717, 1.165) is 35.4 Å². The number of hydrogen-bond acceptors (Lipinski definition) is 4. The lowest BCUT2D eigenvalue weighted by Gasteiger charge is -2.16. The van der Waals surface area contributed by atoms with Crippen molar-refractivity contribution in [1.29, 1.82) is 0 Å². The summed E-state index contributed by atoms with van der Waals surface area (Å²) in [6.45, 7) is 4.14. The average molecular weight is 443 g/mol. The van der Waals surface area contributed by atoms with Crippen molar-refractivity contribution in [2.45, 2.75) is 38.0 Å². The molecule has 1 aliphatic rings. The number of aryl methyl sites for hydroxylation is 2. The zero-order chi connectivity index (χ0) is 22.5. The molecular weight excluding hydrogens is 416 g/mol. The first-order valence-corrected chi connectivity index (χ1v) is 11.7. The molecule has 5 heteroatoms. The maximum Gasteiger partial charge on any atom is 0.283 e. The maximum atomic E-state index is 13.5. The van der Waals surface area contributed by atoms with E-state index in [1.807, 2.05) is 85.8 Å². The number of amides is 2. The summed E-state index contributed by atoms with van der Waals surface area (Å²) in [6, 6.07) is 25.1. The van der Waals surface area contributed by atoms with Gasteiger partial charge in [0.15, 0.2) is 0 Å². The normalized spacial score (nSPS) is 13.8. The second-order valence-electron chi connectivity index (χ2n) is 7.77. The lowest BCUT2D eigenvalue weighted by Crippen LogP contribution is -2.32. The highest BCUT2D eigenvalue weighted by Gasteiger charge is 2.40. The fraction of sp³-hybridized carbons (Fsp3) is 0.185. The highest BCUT2D eigenvalue weighted by atomic mass is 32.2. The number of benzene rings is 3. The number of carbonyl (C=O) groups is 2. The third kappa shape index (κ3) is 4.63. The van der Waals surface area contributed by atoms with Crippen LogP contribution in [0.1, 0.15) is 30.9 Å². The van der Waals surface area contributed by atoms with E-state index in [2.05, 4.69) is 12.2 Å². The lowest BCUT2D eigenvalue weighted by molar-refractivity contribution is -0.120. The minimum atomic E-state index is -0.335. The van der Waals surface area contributed by atoms with Crippen LogP contribution in [0.25, 0.3) is 0 Å². The molecule has 0 spiro atoms. The molecule has 0 fully saturated rings. The molecule has 2 amide bonds. The Morgan fingerprint density at radius 3 is 2.22 bits per heavy atom. The maximum absolute atomic E-state index is 13.5. The quantitative estimate of drug-likeness (QED) is 0.414. The van der Waals surface area contributed by atoms with Gasteiger partial charge in [-0.1, -0.05) is 73.6 Å². The highest BCUT2D eigenvalue weighted by Crippen LogP contribution is 2.38. The lowest BCUT2D eigenvalue weighted by atomic mass is 10.1. The van der Waals surface area contributed by atoms with Gasteiger partial charge in [-0.05, 0) is 61.2 Å². The molecular formula is C27H26N2O2S. The van der Waals surface area contributed by atoms with Gasteiger partial charge in [0.2, 0.25) is 0 Å². The highest BCUT2D eigenvalue weighted by molar-refractivity contribution is 8.04. The molecule has 0 aliphatic carbocycles. The van der Waals surface area contributed by atoms with Crippen molar-refractivity contribution in [1.82, 2.24) is 0 Å². The summed E-state index contributed by atoms with van der Waals surface area (Å²) in [7, 11) is 0. The molecule has 3 aromatic rings. The number of imide groups is 1. The van der Waals surface area contributed by atoms with Gasteiger partial charge in [-0.3, -0.25) is 9.59 Å². The van der Waals surface area contributed by atoms with E-state index in [-0.39, 0.29) is 11.8 Å². The van der Waals surface area contributed by atoms with Crippen LogP contribution in [0.2, 0.25) is 0 Å². The fourth-order valence-electron chi connectivity index (χ4n) is 3.60. The smallest absolute Gasteiger partial charge is 0.283 e. The van der Waals surface area contributed by atoms with Crippen LogP contribution in [0.4, 0.5) is 11.4 Å². The molecule has 0 saturated carbocycles. The van der Waals surface area contributed by atoms with Crippen molar-refractivity contribution in [3.63, 3.8) is 0 Å². The first kappa shape index (κ1) is 21.9. The number of para-hydroxylation sites is 1. The van der Waals surface area contributed by atoms with Crippen LogP contribution in [-0.2, 0) is 16.0 Å². The minimum absolute atomic E-state index is 0.304. The van der Waals surface area contributed by atoms with Gasteiger partial charge in [-0.2, -0.15) is 0 Å². The minimum Gasteiger partial charge on any atom is -0.350 e. The van der Waals surface area contributed by atoms with Crippen LogP contribution in [0.15, 0.2) is 94.4 Å². The monoisotopic (exact) mass is 442 g/mol. The van der Waals surface area contributed by atoms with Gasteiger partial charge in [0.05, 0.1) is 5.69 Å².